The molecule has 3 nitrogen and oxygen atoms in total. The van der Waals surface area contributed by atoms with Gasteiger partial charge in [-0.05, 0) is 18.2 Å². The number of benzene rings is 1. The predicted octanol–water partition coefficient (Wildman–Crippen LogP) is 4.14. The third-order valence-corrected chi connectivity index (χ3v) is 4.83. The molecule has 1 aliphatic heterocycles. The van der Waals surface area contributed by atoms with E-state index in [0.717, 1.165) is 25.0 Å². The Morgan fingerprint density at radius 3 is 2.36 bits per heavy atom. The van der Waals surface area contributed by atoms with Crippen LogP contribution in [0.5, 0.6) is 0 Å². The molecule has 0 saturated carbocycles. The first kappa shape index (κ1) is 15.4. The topological polar surface area (TPSA) is 19.4 Å². The van der Waals surface area contributed by atoms with Crippen molar-refractivity contribution in [3.05, 3.63) is 40.4 Å². The maximum atomic E-state index is 12.6. The lowest BCUT2D eigenvalue weighted by molar-refractivity contribution is -0.134. The van der Waals surface area contributed by atoms with Gasteiger partial charge in [0, 0.05) is 36.9 Å². The number of halogens is 4. The minimum Gasteiger partial charge on any atom is -0.368 e. The van der Waals surface area contributed by atoms with E-state index < -0.39 is 11.1 Å². The summed E-state index contributed by atoms with van der Waals surface area (Å²) in [5.74, 6) is 0. The van der Waals surface area contributed by atoms with Gasteiger partial charge in [0.05, 0.1) is 6.20 Å². The molecule has 1 aliphatic rings. The molecule has 0 atom stereocenters. The first-order valence-corrected chi connectivity index (χ1v) is 7.91. The number of hydrogen-bond donors (Lipinski definition) is 0. The molecule has 118 valence electrons. The number of piperazine rings is 1. The van der Waals surface area contributed by atoms with Crippen LogP contribution >= 0.6 is 22.9 Å². The van der Waals surface area contributed by atoms with E-state index in [2.05, 4.69) is 9.88 Å². The third kappa shape index (κ3) is 3.30. The second-order valence-electron chi connectivity index (χ2n) is 4.96. The van der Waals surface area contributed by atoms with E-state index in [1.807, 2.05) is 29.2 Å². The summed E-state index contributed by atoms with van der Waals surface area (Å²) in [6, 6.07) is 7.57. The molecule has 0 N–H and O–H groups in total. The maximum absolute atomic E-state index is 12.6. The average Bonchev–Trinajstić information content (AvgIpc) is 2.97. The Kier molecular flexibility index (Phi) is 4.18. The molecule has 1 fully saturated rings. The summed E-state index contributed by atoms with van der Waals surface area (Å²) >= 11 is 6.68. The van der Waals surface area contributed by atoms with Gasteiger partial charge in [0.1, 0.15) is 4.88 Å². The van der Waals surface area contributed by atoms with E-state index in [1.165, 1.54) is 0 Å². The first-order valence-electron chi connectivity index (χ1n) is 6.72. The molecule has 0 bridgehead atoms. The van der Waals surface area contributed by atoms with Gasteiger partial charge < -0.3 is 9.80 Å². The van der Waals surface area contributed by atoms with Gasteiger partial charge in [-0.25, -0.2) is 4.98 Å². The summed E-state index contributed by atoms with van der Waals surface area (Å²) in [6.07, 6.45) is -3.41. The van der Waals surface area contributed by atoms with Crippen molar-refractivity contribution < 1.29 is 13.2 Å². The Labute approximate surface area is 134 Å². The Bertz CT molecular complexity index is 651. The summed E-state index contributed by atoms with van der Waals surface area (Å²) in [4.78, 5) is 7.31. The fraction of sp³-hybridized carbons (Fsp3) is 0.357. The quantitative estimate of drug-likeness (QED) is 0.814. The summed E-state index contributed by atoms with van der Waals surface area (Å²) < 4.78 is 37.9. The van der Waals surface area contributed by atoms with E-state index in [4.69, 9.17) is 11.6 Å². The van der Waals surface area contributed by atoms with Crippen molar-refractivity contribution in [1.29, 1.82) is 0 Å². The molecule has 0 unspecified atom stereocenters. The van der Waals surface area contributed by atoms with E-state index >= 15 is 0 Å². The van der Waals surface area contributed by atoms with Crippen molar-refractivity contribution in [3.63, 3.8) is 0 Å². The molecule has 22 heavy (non-hydrogen) atoms. The molecule has 1 aromatic heterocycles. The average molecular weight is 348 g/mol. The molecule has 8 heteroatoms. The Balaban J connectivity index is 1.65. The van der Waals surface area contributed by atoms with Gasteiger partial charge in [0.2, 0.25) is 0 Å². The van der Waals surface area contributed by atoms with Crippen LogP contribution in [-0.4, -0.2) is 31.2 Å². The molecule has 0 aliphatic carbocycles. The monoisotopic (exact) mass is 347 g/mol. The van der Waals surface area contributed by atoms with E-state index in [-0.39, 0.29) is 0 Å². The number of alkyl halides is 3. The van der Waals surface area contributed by atoms with Gasteiger partial charge in [-0.15, -0.1) is 0 Å². The Hall–Kier alpha value is -1.47. The highest BCUT2D eigenvalue weighted by molar-refractivity contribution is 7.15. The highest BCUT2D eigenvalue weighted by Gasteiger charge is 2.34. The third-order valence-electron chi connectivity index (χ3n) is 3.50. The van der Waals surface area contributed by atoms with Crippen LogP contribution in [0.2, 0.25) is 5.02 Å². The zero-order valence-corrected chi connectivity index (χ0v) is 13.0. The van der Waals surface area contributed by atoms with E-state index in [9.17, 15) is 13.2 Å². The number of nitrogens with zero attached hydrogens (tertiary/aromatic N) is 3. The molecule has 1 saturated heterocycles. The van der Waals surface area contributed by atoms with Gasteiger partial charge >= 0.3 is 6.18 Å². The zero-order chi connectivity index (χ0) is 15.7. The van der Waals surface area contributed by atoms with E-state index in [1.54, 1.807) is 0 Å². The van der Waals surface area contributed by atoms with Crippen molar-refractivity contribution >= 4 is 33.8 Å². The number of hydrogen-bond acceptors (Lipinski definition) is 4. The molecule has 3 rings (SSSR count). The van der Waals surface area contributed by atoms with Gasteiger partial charge in [0.25, 0.3) is 0 Å². The summed E-state index contributed by atoms with van der Waals surface area (Å²) in [7, 11) is 0. The van der Waals surface area contributed by atoms with Gasteiger partial charge in [0.15, 0.2) is 5.13 Å². The Morgan fingerprint density at radius 2 is 1.77 bits per heavy atom. The Morgan fingerprint density at radius 1 is 1.09 bits per heavy atom. The van der Waals surface area contributed by atoms with Gasteiger partial charge in [-0.1, -0.05) is 29.0 Å². The molecule has 0 radical (unpaired) electrons. The lowest BCUT2D eigenvalue weighted by Gasteiger charge is -2.36. The minimum atomic E-state index is -4.32. The fourth-order valence-corrected chi connectivity index (χ4v) is 3.39. The van der Waals surface area contributed by atoms with Crippen molar-refractivity contribution in [2.75, 3.05) is 36.0 Å². The van der Waals surface area contributed by atoms with Crippen molar-refractivity contribution in [2.45, 2.75) is 6.18 Å². The lowest BCUT2D eigenvalue weighted by Crippen LogP contribution is -2.46. The van der Waals surface area contributed by atoms with Crippen LogP contribution in [0.25, 0.3) is 0 Å². The van der Waals surface area contributed by atoms with Crippen LogP contribution in [0.15, 0.2) is 30.5 Å². The minimum absolute atomic E-state index is 0.429. The van der Waals surface area contributed by atoms with Crippen molar-refractivity contribution in [1.82, 2.24) is 4.98 Å². The number of rotatable bonds is 2. The van der Waals surface area contributed by atoms with Crippen molar-refractivity contribution in [3.8, 4) is 0 Å². The first-order chi connectivity index (χ1) is 10.4. The van der Waals surface area contributed by atoms with Crippen molar-refractivity contribution in [2.24, 2.45) is 0 Å². The standard InChI is InChI=1S/C14H13ClF3N3S/c15-10-2-1-3-11(8-10)20-4-6-21(7-5-20)13-19-9-12(22-13)14(16,17)18/h1-3,8-9H,4-7H2. The summed E-state index contributed by atoms with van der Waals surface area (Å²) in [5.41, 5.74) is 1.03. The number of thiazole rings is 1. The van der Waals surface area contributed by atoms with Gasteiger partial charge in [-0.2, -0.15) is 13.2 Å². The van der Waals surface area contributed by atoms with Crippen LogP contribution in [0, 0.1) is 0 Å². The van der Waals surface area contributed by atoms with E-state index in [0.29, 0.717) is 34.6 Å². The zero-order valence-electron chi connectivity index (χ0n) is 11.5. The maximum Gasteiger partial charge on any atom is 0.427 e. The molecule has 2 aromatic rings. The number of aromatic nitrogens is 1. The molecular weight excluding hydrogens is 335 g/mol. The second-order valence-corrected chi connectivity index (χ2v) is 6.40. The highest BCUT2D eigenvalue weighted by atomic mass is 35.5. The fourth-order valence-electron chi connectivity index (χ4n) is 2.37. The molecule has 0 amide bonds. The molecule has 2 heterocycles. The molecular formula is C14H13ClF3N3S. The largest absolute Gasteiger partial charge is 0.427 e. The summed E-state index contributed by atoms with van der Waals surface area (Å²) in [5, 5.41) is 1.10. The van der Waals surface area contributed by atoms with Crippen LogP contribution in [0.3, 0.4) is 0 Å². The van der Waals surface area contributed by atoms with Gasteiger partial charge in [-0.3, -0.25) is 0 Å². The van der Waals surface area contributed by atoms with Crippen LogP contribution < -0.4 is 9.80 Å². The summed E-state index contributed by atoms with van der Waals surface area (Å²) in [6.45, 7) is 2.72. The smallest absolute Gasteiger partial charge is 0.368 e. The SMILES string of the molecule is FC(F)(F)c1cnc(N2CCN(c3cccc(Cl)c3)CC2)s1. The number of anilines is 2. The predicted molar refractivity (Wildman–Crippen MR) is 83.0 cm³/mol. The van der Waals surface area contributed by atoms with Crippen LogP contribution in [0.4, 0.5) is 24.0 Å². The van der Waals surface area contributed by atoms with Crippen LogP contribution in [-0.2, 0) is 6.18 Å². The normalized spacial score (nSPS) is 16.2. The second kappa shape index (κ2) is 5.96. The highest BCUT2D eigenvalue weighted by Crippen LogP contribution is 2.36. The molecule has 0 spiro atoms. The molecule has 1 aromatic carbocycles. The lowest BCUT2D eigenvalue weighted by atomic mass is 10.2. The van der Waals surface area contributed by atoms with Crippen LogP contribution in [0.1, 0.15) is 4.88 Å².